The molecule has 5 heteroatoms. The largest absolute Gasteiger partial charge is 0.493 e. The molecular weight excluding hydrogens is 464 g/mol. The van der Waals surface area contributed by atoms with Crippen LogP contribution < -0.4 is 10.2 Å². The van der Waals surface area contributed by atoms with E-state index in [1.165, 1.54) is 32.1 Å². The van der Waals surface area contributed by atoms with Crippen molar-refractivity contribution in [3.63, 3.8) is 0 Å². The first-order valence-electron chi connectivity index (χ1n) is 11.4. The van der Waals surface area contributed by atoms with Crippen LogP contribution in [0.4, 0.5) is 0 Å². The molecule has 1 amide bonds. The number of rotatable bonds is 12. The molecule has 0 radical (unpaired) electrons. The Labute approximate surface area is 199 Å². The Morgan fingerprint density at radius 3 is 2.66 bits per heavy atom. The molecule has 0 saturated heterocycles. The number of nitrogens with one attached hydrogen (secondary N) is 1. The summed E-state index contributed by atoms with van der Waals surface area (Å²) in [5.74, 6) is 0.621. The first-order chi connectivity index (χ1) is 15.7. The van der Waals surface area contributed by atoms with Gasteiger partial charge in [-0.3, -0.25) is 4.79 Å². The SMILES string of the molecule is CCCCCCCCOc1ccc(Br)cc1C=NNC(=O)Cc1cccc2ccccc12. The van der Waals surface area contributed by atoms with Crippen molar-refractivity contribution >= 4 is 38.8 Å². The molecule has 0 bridgehead atoms. The van der Waals surface area contributed by atoms with Gasteiger partial charge in [-0.05, 0) is 41.0 Å². The maximum absolute atomic E-state index is 12.5. The summed E-state index contributed by atoms with van der Waals surface area (Å²) in [7, 11) is 0. The summed E-state index contributed by atoms with van der Waals surface area (Å²) >= 11 is 3.50. The number of hydrogen-bond acceptors (Lipinski definition) is 3. The van der Waals surface area contributed by atoms with Crippen molar-refractivity contribution in [2.75, 3.05) is 6.61 Å². The summed E-state index contributed by atoms with van der Waals surface area (Å²) in [5.41, 5.74) is 4.46. The van der Waals surface area contributed by atoms with E-state index in [0.717, 1.165) is 38.5 Å². The first-order valence-corrected chi connectivity index (χ1v) is 12.2. The van der Waals surface area contributed by atoms with Gasteiger partial charge in [0.05, 0.1) is 19.2 Å². The highest BCUT2D eigenvalue weighted by Gasteiger charge is 2.07. The Kier molecular flexibility index (Phi) is 9.76. The minimum absolute atomic E-state index is 0.151. The van der Waals surface area contributed by atoms with Gasteiger partial charge in [0.25, 0.3) is 0 Å². The summed E-state index contributed by atoms with van der Waals surface area (Å²) in [4.78, 5) is 12.5. The van der Waals surface area contributed by atoms with Crippen LogP contribution in [0.15, 0.2) is 70.2 Å². The monoisotopic (exact) mass is 494 g/mol. The van der Waals surface area contributed by atoms with E-state index in [0.29, 0.717) is 6.61 Å². The highest BCUT2D eigenvalue weighted by molar-refractivity contribution is 9.10. The van der Waals surface area contributed by atoms with Gasteiger partial charge >= 0.3 is 0 Å². The van der Waals surface area contributed by atoms with E-state index in [4.69, 9.17) is 4.74 Å². The number of halogens is 1. The van der Waals surface area contributed by atoms with Gasteiger partial charge < -0.3 is 4.74 Å². The number of carbonyl (C=O) groups excluding carboxylic acids is 1. The zero-order valence-corrected chi connectivity index (χ0v) is 20.2. The molecule has 0 atom stereocenters. The Bertz CT molecular complexity index is 1040. The molecule has 32 heavy (non-hydrogen) atoms. The molecule has 0 aliphatic rings. The Hall–Kier alpha value is -2.66. The van der Waals surface area contributed by atoms with Crippen LogP contribution in [0.2, 0.25) is 0 Å². The van der Waals surface area contributed by atoms with Crippen molar-refractivity contribution in [3.05, 3.63) is 76.3 Å². The number of hydrazone groups is 1. The molecule has 0 spiro atoms. The molecule has 3 aromatic carbocycles. The quantitative estimate of drug-likeness (QED) is 0.167. The number of unbranched alkanes of at least 4 members (excludes halogenated alkanes) is 5. The van der Waals surface area contributed by atoms with E-state index in [-0.39, 0.29) is 12.3 Å². The van der Waals surface area contributed by atoms with Crippen molar-refractivity contribution in [1.82, 2.24) is 5.43 Å². The average molecular weight is 495 g/mol. The third-order valence-corrected chi connectivity index (χ3v) is 5.84. The molecule has 4 nitrogen and oxygen atoms in total. The van der Waals surface area contributed by atoms with Gasteiger partial charge in [0.15, 0.2) is 0 Å². The lowest BCUT2D eigenvalue weighted by atomic mass is 10.0. The predicted octanol–water partition coefficient (Wildman–Crippen LogP) is 7.03. The minimum atomic E-state index is -0.151. The van der Waals surface area contributed by atoms with Gasteiger partial charge in [-0.15, -0.1) is 0 Å². The average Bonchev–Trinajstić information content (AvgIpc) is 2.80. The number of fused-ring (bicyclic) bond motifs is 1. The number of nitrogens with zero attached hydrogens (tertiary/aromatic N) is 1. The lowest BCUT2D eigenvalue weighted by Gasteiger charge is -2.10. The van der Waals surface area contributed by atoms with E-state index in [9.17, 15) is 4.79 Å². The fraction of sp³-hybridized carbons (Fsp3) is 0.333. The van der Waals surface area contributed by atoms with Crippen LogP contribution in [-0.4, -0.2) is 18.7 Å². The standard InChI is InChI=1S/C27H31BrN2O2/c1-2-3-4-5-6-9-17-32-26-16-15-24(28)18-23(26)20-29-30-27(31)19-22-13-10-12-21-11-7-8-14-25(21)22/h7-8,10-16,18,20H,2-6,9,17,19H2,1H3,(H,30,31). The molecule has 3 aromatic rings. The van der Waals surface area contributed by atoms with Crippen LogP contribution in [0.3, 0.4) is 0 Å². The topological polar surface area (TPSA) is 50.7 Å². The van der Waals surface area contributed by atoms with E-state index in [2.05, 4.69) is 45.5 Å². The highest BCUT2D eigenvalue weighted by atomic mass is 79.9. The number of hydrogen-bond donors (Lipinski definition) is 1. The number of benzene rings is 3. The van der Waals surface area contributed by atoms with E-state index in [1.54, 1.807) is 6.21 Å². The lowest BCUT2D eigenvalue weighted by Crippen LogP contribution is -2.20. The third-order valence-electron chi connectivity index (χ3n) is 5.35. The summed E-state index contributed by atoms with van der Waals surface area (Å²) in [5, 5.41) is 6.39. The molecule has 0 aromatic heterocycles. The minimum Gasteiger partial charge on any atom is -0.493 e. The molecule has 0 heterocycles. The summed E-state index contributed by atoms with van der Waals surface area (Å²) in [6.07, 6.45) is 9.26. The van der Waals surface area contributed by atoms with Crippen LogP contribution in [0, 0.1) is 0 Å². The normalized spacial score (nSPS) is 11.2. The predicted molar refractivity (Wildman–Crippen MR) is 136 cm³/mol. The zero-order chi connectivity index (χ0) is 22.6. The molecule has 0 saturated carbocycles. The molecule has 1 N–H and O–H groups in total. The molecule has 3 rings (SSSR count). The Morgan fingerprint density at radius 2 is 1.78 bits per heavy atom. The van der Waals surface area contributed by atoms with Crippen LogP contribution in [0.5, 0.6) is 5.75 Å². The van der Waals surface area contributed by atoms with Gasteiger partial charge in [0, 0.05) is 10.0 Å². The summed E-state index contributed by atoms with van der Waals surface area (Å²) < 4.78 is 6.91. The molecule has 0 aliphatic carbocycles. The summed E-state index contributed by atoms with van der Waals surface area (Å²) in [6.45, 7) is 2.91. The smallest absolute Gasteiger partial charge is 0.244 e. The molecular formula is C27H31BrN2O2. The fourth-order valence-corrected chi connectivity index (χ4v) is 4.03. The Morgan fingerprint density at radius 1 is 1.00 bits per heavy atom. The van der Waals surface area contributed by atoms with Crippen LogP contribution in [0.1, 0.15) is 56.6 Å². The third kappa shape index (κ3) is 7.49. The second-order valence-corrected chi connectivity index (χ2v) is 8.82. The van der Waals surface area contributed by atoms with Crippen molar-refractivity contribution in [1.29, 1.82) is 0 Å². The number of carbonyl (C=O) groups is 1. The van der Waals surface area contributed by atoms with E-state index in [1.807, 2.05) is 48.5 Å². The van der Waals surface area contributed by atoms with Gasteiger partial charge in [-0.25, -0.2) is 5.43 Å². The highest BCUT2D eigenvalue weighted by Crippen LogP contribution is 2.22. The molecule has 0 unspecified atom stereocenters. The van der Waals surface area contributed by atoms with Crippen LogP contribution in [-0.2, 0) is 11.2 Å². The number of ether oxygens (including phenoxy) is 1. The van der Waals surface area contributed by atoms with Crippen LogP contribution >= 0.6 is 15.9 Å². The fourth-order valence-electron chi connectivity index (χ4n) is 3.65. The Balaban J connectivity index is 1.54. The number of amides is 1. The maximum Gasteiger partial charge on any atom is 0.244 e. The van der Waals surface area contributed by atoms with E-state index >= 15 is 0 Å². The molecule has 0 aliphatic heterocycles. The van der Waals surface area contributed by atoms with Crippen molar-refractivity contribution < 1.29 is 9.53 Å². The maximum atomic E-state index is 12.5. The van der Waals surface area contributed by atoms with E-state index < -0.39 is 0 Å². The van der Waals surface area contributed by atoms with Gasteiger partial charge in [-0.2, -0.15) is 5.10 Å². The van der Waals surface area contributed by atoms with Crippen molar-refractivity contribution in [3.8, 4) is 5.75 Å². The van der Waals surface area contributed by atoms with Gasteiger partial charge in [-0.1, -0.05) is 97.4 Å². The zero-order valence-electron chi connectivity index (χ0n) is 18.6. The first kappa shape index (κ1) is 24.0. The summed E-state index contributed by atoms with van der Waals surface area (Å²) in [6, 6.07) is 19.9. The van der Waals surface area contributed by atoms with Crippen molar-refractivity contribution in [2.24, 2.45) is 5.10 Å². The van der Waals surface area contributed by atoms with Gasteiger partial charge in [0.2, 0.25) is 5.91 Å². The molecule has 168 valence electrons. The molecule has 0 fully saturated rings. The van der Waals surface area contributed by atoms with Gasteiger partial charge in [0.1, 0.15) is 5.75 Å². The van der Waals surface area contributed by atoms with Crippen molar-refractivity contribution in [2.45, 2.75) is 51.9 Å². The lowest BCUT2D eigenvalue weighted by molar-refractivity contribution is -0.120. The van der Waals surface area contributed by atoms with Crippen LogP contribution in [0.25, 0.3) is 10.8 Å². The second-order valence-electron chi connectivity index (χ2n) is 7.91. The second kappa shape index (κ2) is 13.0.